The number of β-amino-alcohol motifs (C(OH)–C–C–N with tert-alkyl or cyclic N) is 1. The van der Waals surface area contributed by atoms with E-state index in [0.29, 0.717) is 31.6 Å². The number of aromatic amines is 1. The predicted molar refractivity (Wildman–Crippen MR) is 105 cm³/mol. The number of amides is 1. The van der Waals surface area contributed by atoms with Gasteiger partial charge in [0.15, 0.2) is 0 Å². The van der Waals surface area contributed by atoms with Crippen molar-refractivity contribution in [2.24, 2.45) is 0 Å². The summed E-state index contributed by atoms with van der Waals surface area (Å²) < 4.78 is 0. The Morgan fingerprint density at radius 2 is 1.81 bits per heavy atom. The minimum absolute atomic E-state index is 0.0379. The van der Waals surface area contributed by atoms with Crippen LogP contribution in [0.1, 0.15) is 41.7 Å². The van der Waals surface area contributed by atoms with Gasteiger partial charge in [0.1, 0.15) is 5.69 Å². The van der Waals surface area contributed by atoms with Gasteiger partial charge in [-0.2, -0.15) is 5.10 Å². The molecule has 3 heterocycles. The van der Waals surface area contributed by atoms with E-state index in [0.717, 1.165) is 30.9 Å². The number of rotatable bonds is 4. The summed E-state index contributed by atoms with van der Waals surface area (Å²) in [6.45, 7) is 6.12. The molecule has 1 aromatic carbocycles. The third-order valence-corrected chi connectivity index (χ3v) is 5.85. The zero-order valence-electron chi connectivity index (χ0n) is 15.9. The topological polar surface area (TPSA) is 72.5 Å². The normalized spacial score (nSPS) is 20.1. The molecule has 2 aliphatic heterocycles. The Bertz CT molecular complexity index is 785. The van der Waals surface area contributed by atoms with E-state index in [9.17, 15) is 9.90 Å². The van der Waals surface area contributed by atoms with Gasteiger partial charge in [0.25, 0.3) is 5.91 Å². The highest BCUT2D eigenvalue weighted by Crippen LogP contribution is 2.26. The van der Waals surface area contributed by atoms with E-state index in [1.165, 1.54) is 18.4 Å². The van der Waals surface area contributed by atoms with Gasteiger partial charge in [-0.15, -0.1) is 0 Å². The van der Waals surface area contributed by atoms with Crippen LogP contribution in [0.5, 0.6) is 0 Å². The lowest BCUT2D eigenvalue weighted by atomic mass is 9.90. The van der Waals surface area contributed by atoms with Gasteiger partial charge in [0.2, 0.25) is 0 Å². The van der Waals surface area contributed by atoms with E-state index in [2.05, 4.69) is 15.1 Å². The van der Waals surface area contributed by atoms with E-state index in [-0.39, 0.29) is 5.91 Å². The molecule has 0 unspecified atom stereocenters. The molecule has 2 aliphatic rings. The van der Waals surface area contributed by atoms with Crippen LogP contribution >= 0.6 is 0 Å². The Balaban J connectivity index is 1.37. The van der Waals surface area contributed by atoms with Gasteiger partial charge in [0.05, 0.1) is 11.3 Å². The number of hydrogen-bond acceptors (Lipinski definition) is 4. The number of piperidine rings is 1. The maximum atomic E-state index is 12.8. The summed E-state index contributed by atoms with van der Waals surface area (Å²) in [5, 5.41) is 18.1. The fourth-order valence-corrected chi connectivity index (χ4v) is 4.11. The standard InChI is InChI=1S/C21H28N4O2/c1-16-4-6-17(7-5-16)18-14-19(23-22-18)20(26)25-12-8-21(27,9-13-25)15-24-10-2-3-11-24/h4-7,14,27H,2-3,8-13,15H2,1H3,(H,22,23). The van der Waals surface area contributed by atoms with Gasteiger partial charge < -0.3 is 14.9 Å². The molecular formula is C21H28N4O2. The summed E-state index contributed by atoms with van der Waals surface area (Å²) in [5.41, 5.74) is 2.81. The van der Waals surface area contributed by atoms with E-state index in [1.54, 1.807) is 0 Å². The van der Waals surface area contributed by atoms with Gasteiger partial charge in [-0.25, -0.2) is 0 Å². The Labute approximate surface area is 160 Å². The second-order valence-electron chi connectivity index (χ2n) is 8.03. The first kappa shape index (κ1) is 18.2. The number of benzene rings is 1. The van der Waals surface area contributed by atoms with E-state index < -0.39 is 5.60 Å². The molecule has 0 bridgehead atoms. The molecule has 144 valence electrons. The number of hydrogen-bond donors (Lipinski definition) is 2. The lowest BCUT2D eigenvalue weighted by Crippen LogP contribution is -2.51. The highest BCUT2D eigenvalue weighted by atomic mass is 16.3. The van der Waals surface area contributed by atoms with Crippen molar-refractivity contribution in [1.29, 1.82) is 0 Å². The van der Waals surface area contributed by atoms with Crippen LogP contribution in [0.2, 0.25) is 0 Å². The number of carbonyl (C=O) groups is 1. The SMILES string of the molecule is Cc1ccc(-c2cc(C(=O)N3CCC(O)(CN4CCCC4)CC3)[nH]n2)cc1. The van der Waals surface area contributed by atoms with Crippen LogP contribution in [0, 0.1) is 6.92 Å². The quantitative estimate of drug-likeness (QED) is 0.869. The second-order valence-corrected chi connectivity index (χ2v) is 8.03. The van der Waals surface area contributed by atoms with Gasteiger partial charge in [-0.1, -0.05) is 29.8 Å². The predicted octanol–water partition coefficient (Wildman–Crippen LogP) is 2.45. The second kappa shape index (κ2) is 7.44. The summed E-state index contributed by atoms with van der Waals surface area (Å²) in [6, 6.07) is 9.92. The Morgan fingerprint density at radius 1 is 1.15 bits per heavy atom. The van der Waals surface area contributed by atoms with Gasteiger partial charge in [-0.05, 0) is 51.8 Å². The van der Waals surface area contributed by atoms with E-state index in [4.69, 9.17) is 0 Å². The number of nitrogens with one attached hydrogen (secondary N) is 1. The maximum absolute atomic E-state index is 12.8. The number of aliphatic hydroxyl groups is 1. The molecule has 1 aromatic heterocycles. The van der Waals surface area contributed by atoms with Crippen molar-refractivity contribution in [3.8, 4) is 11.3 Å². The number of H-pyrrole nitrogens is 1. The largest absolute Gasteiger partial charge is 0.388 e. The van der Waals surface area contributed by atoms with Crippen molar-refractivity contribution >= 4 is 5.91 Å². The minimum Gasteiger partial charge on any atom is -0.388 e. The molecule has 2 aromatic rings. The average molecular weight is 368 g/mol. The van der Waals surface area contributed by atoms with Crippen molar-refractivity contribution in [3.63, 3.8) is 0 Å². The lowest BCUT2D eigenvalue weighted by molar-refractivity contribution is -0.0368. The first-order valence-electron chi connectivity index (χ1n) is 9.89. The molecule has 4 rings (SSSR count). The van der Waals surface area contributed by atoms with Crippen LogP contribution in [-0.4, -0.2) is 69.3 Å². The molecule has 0 saturated carbocycles. The Kier molecular flexibility index (Phi) is 5.02. The number of likely N-dealkylation sites (tertiary alicyclic amines) is 2. The van der Waals surface area contributed by atoms with Gasteiger partial charge in [-0.3, -0.25) is 9.89 Å². The van der Waals surface area contributed by atoms with Crippen molar-refractivity contribution in [3.05, 3.63) is 41.6 Å². The monoisotopic (exact) mass is 368 g/mol. The van der Waals surface area contributed by atoms with E-state index >= 15 is 0 Å². The fourth-order valence-electron chi connectivity index (χ4n) is 4.11. The molecule has 2 fully saturated rings. The number of nitrogens with zero attached hydrogens (tertiary/aromatic N) is 3. The summed E-state index contributed by atoms with van der Waals surface area (Å²) >= 11 is 0. The third kappa shape index (κ3) is 4.06. The summed E-state index contributed by atoms with van der Waals surface area (Å²) in [7, 11) is 0. The highest BCUT2D eigenvalue weighted by Gasteiger charge is 2.36. The lowest BCUT2D eigenvalue weighted by Gasteiger charge is -2.40. The first-order chi connectivity index (χ1) is 13.0. The van der Waals surface area contributed by atoms with Crippen LogP contribution < -0.4 is 0 Å². The number of aromatic nitrogens is 2. The van der Waals surface area contributed by atoms with Crippen LogP contribution in [0.25, 0.3) is 11.3 Å². The molecule has 0 aliphatic carbocycles. The molecule has 0 spiro atoms. The van der Waals surface area contributed by atoms with Crippen LogP contribution in [-0.2, 0) is 0 Å². The fraction of sp³-hybridized carbons (Fsp3) is 0.524. The zero-order valence-corrected chi connectivity index (χ0v) is 15.9. The zero-order chi connectivity index (χ0) is 18.9. The molecule has 2 saturated heterocycles. The molecule has 0 radical (unpaired) electrons. The molecule has 0 atom stereocenters. The first-order valence-corrected chi connectivity index (χ1v) is 9.89. The maximum Gasteiger partial charge on any atom is 0.271 e. The third-order valence-electron chi connectivity index (χ3n) is 5.85. The average Bonchev–Trinajstić information content (AvgIpc) is 3.34. The Morgan fingerprint density at radius 3 is 2.48 bits per heavy atom. The molecule has 6 nitrogen and oxygen atoms in total. The van der Waals surface area contributed by atoms with Crippen molar-refractivity contribution in [2.45, 2.75) is 38.2 Å². The minimum atomic E-state index is -0.665. The highest BCUT2D eigenvalue weighted by molar-refractivity contribution is 5.93. The molecule has 27 heavy (non-hydrogen) atoms. The molecule has 6 heteroatoms. The molecular weight excluding hydrogens is 340 g/mol. The van der Waals surface area contributed by atoms with Crippen molar-refractivity contribution in [2.75, 3.05) is 32.7 Å². The molecule has 2 N–H and O–H groups in total. The molecule has 1 amide bonds. The van der Waals surface area contributed by atoms with Gasteiger partial charge >= 0.3 is 0 Å². The van der Waals surface area contributed by atoms with Crippen LogP contribution in [0.15, 0.2) is 30.3 Å². The number of carbonyl (C=O) groups excluding carboxylic acids is 1. The Hall–Kier alpha value is -2.18. The van der Waals surface area contributed by atoms with Crippen LogP contribution in [0.4, 0.5) is 0 Å². The van der Waals surface area contributed by atoms with Crippen LogP contribution in [0.3, 0.4) is 0 Å². The summed E-state index contributed by atoms with van der Waals surface area (Å²) in [4.78, 5) is 17.0. The van der Waals surface area contributed by atoms with E-state index in [1.807, 2.05) is 42.2 Å². The number of aryl methyl sites for hydroxylation is 1. The smallest absolute Gasteiger partial charge is 0.271 e. The van der Waals surface area contributed by atoms with Gasteiger partial charge in [0, 0.05) is 25.2 Å². The summed E-state index contributed by atoms with van der Waals surface area (Å²) in [5.74, 6) is -0.0379. The van der Waals surface area contributed by atoms with Crippen molar-refractivity contribution < 1.29 is 9.90 Å². The summed E-state index contributed by atoms with van der Waals surface area (Å²) in [6.07, 6.45) is 3.72. The van der Waals surface area contributed by atoms with Crippen molar-refractivity contribution in [1.82, 2.24) is 20.0 Å².